The van der Waals surface area contributed by atoms with Gasteiger partial charge in [0.2, 0.25) is 5.91 Å². The average molecular weight is 443 g/mol. The fourth-order valence-electron chi connectivity index (χ4n) is 4.01. The number of hydrogen-bond acceptors (Lipinski definition) is 8. The number of esters is 1. The molecule has 0 bridgehead atoms. The summed E-state index contributed by atoms with van der Waals surface area (Å²) in [7, 11) is 1.07. The standard InChI is InChI=1S/C21H21N3O8/c1-30-21(27)15-10-14(24(28)29)11-22(20(15)26)12-19(25)23-6-2-3-16(23)13-4-5-17-18(9-13)32-8-7-31-17/h4-5,9-11,16H,2-3,6-8,12H2,1H3. The molecular formula is C21H21N3O8. The lowest BCUT2D eigenvalue weighted by atomic mass is 10.0. The maximum absolute atomic E-state index is 13.1. The Morgan fingerprint density at radius 1 is 1.22 bits per heavy atom. The SMILES string of the molecule is COC(=O)c1cc([N+](=O)[O-])cn(CC(=O)N2CCCC2c2ccc3c(c2)OCCO3)c1=O. The van der Waals surface area contributed by atoms with E-state index >= 15 is 0 Å². The fourth-order valence-corrected chi connectivity index (χ4v) is 4.01. The third-order valence-electron chi connectivity index (χ3n) is 5.52. The van der Waals surface area contributed by atoms with Crippen LogP contribution < -0.4 is 15.0 Å². The minimum absolute atomic E-state index is 0.229. The number of hydrogen-bond donors (Lipinski definition) is 0. The molecular weight excluding hydrogens is 422 g/mol. The maximum atomic E-state index is 13.1. The summed E-state index contributed by atoms with van der Waals surface area (Å²) >= 11 is 0. The molecule has 0 N–H and O–H groups in total. The maximum Gasteiger partial charge on any atom is 0.343 e. The van der Waals surface area contributed by atoms with Crippen LogP contribution in [0.25, 0.3) is 0 Å². The molecule has 0 aliphatic carbocycles. The zero-order valence-corrected chi connectivity index (χ0v) is 17.3. The molecule has 1 fully saturated rings. The molecule has 0 saturated carbocycles. The molecule has 1 aromatic carbocycles. The van der Waals surface area contributed by atoms with E-state index in [0.717, 1.165) is 42.3 Å². The molecule has 1 saturated heterocycles. The summed E-state index contributed by atoms with van der Waals surface area (Å²) in [4.78, 5) is 49.8. The van der Waals surface area contributed by atoms with Crippen molar-refractivity contribution in [1.29, 1.82) is 0 Å². The van der Waals surface area contributed by atoms with Crippen LogP contribution in [0.4, 0.5) is 5.69 Å². The lowest BCUT2D eigenvalue weighted by molar-refractivity contribution is -0.385. The van der Waals surface area contributed by atoms with Crippen molar-refractivity contribution in [1.82, 2.24) is 9.47 Å². The third kappa shape index (κ3) is 4.01. The molecule has 1 aromatic heterocycles. The second-order valence-corrected chi connectivity index (χ2v) is 7.44. The van der Waals surface area contributed by atoms with Crippen molar-refractivity contribution < 1.29 is 28.7 Å². The van der Waals surface area contributed by atoms with E-state index in [0.29, 0.717) is 31.3 Å². The van der Waals surface area contributed by atoms with Crippen LogP contribution in [-0.4, -0.2) is 53.1 Å². The van der Waals surface area contributed by atoms with Crippen LogP contribution in [0.3, 0.4) is 0 Å². The van der Waals surface area contributed by atoms with Crippen molar-refractivity contribution in [2.75, 3.05) is 26.9 Å². The highest BCUT2D eigenvalue weighted by Gasteiger charge is 2.32. The quantitative estimate of drug-likeness (QED) is 0.388. The summed E-state index contributed by atoms with van der Waals surface area (Å²) in [5.74, 6) is -0.129. The van der Waals surface area contributed by atoms with Crippen LogP contribution in [0.1, 0.15) is 34.8 Å². The molecule has 4 rings (SSSR count). The summed E-state index contributed by atoms with van der Waals surface area (Å²) in [5.41, 5.74) is -0.936. The molecule has 2 aliphatic heterocycles. The Labute approximate surface area is 182 Å². The van der Waals surface area contributed by atoms with Gasteiger partial charge in [0.25, 0.3) is 11.2 Å². The molecule has 11 nitrogen and oxygen atoms in total. The van der Waals surface area contributed by atoms with Crippen LogP contribution in [-0.2, 0) is 16.1 Å². The molecule has 11 heteroatoms. The number of nitrogens with zero attached hydrogens (tertiary/aromatic N) is 3. The van der Waals surface area contributed by atoms with Gasteiger partial charge in [-0.05, 0) is 30.5 Å². The predicted molar refractivity (Wildman–Crippen MR) is 110 cm³/mol. The van der Waals surface area contributed by atoms with Gasteiger partial charge in [-0.15, -0.1) is 0 Å². The van der Waals surface area contributed by atoms with Crippen LogP contribution >= 0.6 is 0 Å². The van der Waals surface area contributed by atoms with E-state index in [-0.39, 0.29) is 11.9 Å². The van der Waals surface area contributed by atoms with Crippen molar-refractivity contribution in [3.8, 4) is 11.5 Å². The number of ether oxygens (including phenoxy) is 3. The first-order valence-corrected chi connectivity index (χ1v) is 10.0. The fraction of sp³-hybridized carbons (Fsp3) is 0.381. The molecule has 1 amide bonds. The van der Waals surface area contributed by atoms with Crippen molar-refractivity contribution in [3.63, 3.8) is 0 Å². The van der Waals surface area contributed by atoms with E-state index in [1.54, 1.807) is 11.0 Å². The van der Waals surface area contributed by atoms with Crippen molar-refractivity contribution in [2.24, 2.45) is 0 Å². The Hall–Kier alpha value is -3.89. The molecule has 32 heavy (non-hydrogen) atoms. The van der Waals surface area contributed by atoms with E-state index < -0.39 is 34.2 Å². The summed E-state index contributed by atoms with van der Waals surface area (Å²) in [5, 5.41) is 11.2. The highest BCUT2D eigenvalue weighted by Crippen LogP contribution is 2.38. The van der Waals surface area contributed by atoms with Gasteiger partial charge in [0.15, 0.2) is 11.5 Å². The largest absolute Gasteiger partial charge is 0.486 e. The lowest BCUT2D eigenvalue weighted by Crippen LogP contribution is -2.37. The molecule has 1 unspecified atom stereocenters. The number of fused-ring (bicyclic) bond motifs is 1. The smallest absolute Gasteiger partial charge is 0.343 e. The van der Waals surface area contributed by atoms with Crippen LogP contribution in [0.5, 0.6) is 11.5 Å². The zero-order chi connectivity index (χ0) is 22.8. The van der Waals surface area contributed by atoms with Crippen LogP contribution in [0.15, 0.2) is 35.3 Å². The predicted octanol–water partition coefficient (Wildman–Crippen LogP) is 1.68. The molecule has 0 spiro atoms. The molecule has 1 atom stereocenters. The number of pyridine rings is 1. The number of rotatable bonds is 5. The van der Waals surface area contributed by atoms with Gasteiger partial charge < -0.3 is 19.1 Å². The number of likely N-dealkylation sites (tertiary alicyclic amines) is 1. The number of amides is 1. The number of aromatic nitrogens is 1. The summed E-state index contributed by atoms with van der Waals surface area (Å²) in [6.07, 6.45) is 2.45. The van der Waals surface area contributed by atoms with Gasteiger partial charge >= 0.3 is 5.97 Å². The number of methoxy groups -OCH3 is 1. The molecule has 2 aromatic rings. The average Bonchev–Trinajstić information content (AvgIpc) is 3.29. The normalized spacial score (nSPS) is 17.2. The molecule has 0 radical (unpaired) electrons. The Morgan fingerprint density at radius 3 is 2.69 bits per heavy atom. The second kappa shape index (κ2) is 8.69. The number of benzene rings is 1. The van der Waals surface area contributed by atoms with Gasteiger partial charge in [0.05, 0.1) is 24.3 Å². The van der Waals surface area contributed by atoms with Gasteiger partial charge in [0, 0.05) is 12.6 Å². The van der Waals surface area contributed by atoms with E-state index in [1.807, 2.05) is 12.1 Å². The first-order valence-electron chi connectivity index (χ1n) is 10.0. The van der Waals surface area contributed by atoms with Crippen molar-refractivity contribution in [3.05, 3.63) is 62.1 Å². The van der Waals surface area contributed by atoms with Crippen LogP contribution in [0, 0.1) is 10.1 Å². The zero-order valence-electron chi connectivity index (χ0n) is 17.3. The van der Waals surface area contributed by atoms with E-state index in [1.165, 1.54) is 0 Å². The first-order chi connectivity index (χ1) is 15.4. The Morgan fingerprint density at radius 2 is 1.97 bits per heavy atom. The van der Waals surface area contributed by atoms with Gasteiger partial charge in [-0.1, -0.05) is 6.07 Å². The Kier molecular flexibility index (Phi) is 5.80. The van der Waals surface area contributed by atoms with Crippen molar-refractivity contribution in [2.45, 2.75) is 25.4 Å². The third-order valence-corrected chi connectivity index (χ3v) is 5.52. The highest BCUT2D eigenvalue weighted by atomic mass is 16.6. The minimum Gasteiger partial charge on any atom is -0.486 e. The summed E-state index contributed by atoms with van der Waals surface area (Å²) < 4.78 is 16.6. The van der Waals surface area contributed by atoms with Gasteiger partial charge in [-0.2, -0.15) is 0 Å². The van der Waals surface area contributed by atoms with Crippen LogP contribution in [0.2, 0.25) is 0 Å². The van der Waals surface area contributed by atoms with E-state index in [2.05, 4.69) is 4.74 Å². The summed E-state index contributed by atoms with van der Waals surface area (Å²) in [6.45, 7) is 0.963. The summed E-state index contributed by atoms with van der Waals surface area (Å²) in [6, 6.07) is 6.15. The van der Waals surface area contributed by atoms with Gasteiger partial charge in [-0.3, -0.25) is 24.3 Å². The molecule has 2 aliphatic rings. The molecule has 3 heterocycles. The number of carbonyl (C=O) groups excluding carboxylic acids is 2. The van der Waals surface area contributed by atoms with E-state index in [9.17, 15) is 24.5 Å². The second-order valence-electron chi connectivity index (χ2n) is 7.44. The topological polar surface area (TPSA) is 130 Å². The Bertz CT molecular complexity index is 1140. The monoisotopic (exact) mass is 443 g/mol. The number of carbonyl (C=O) groups is 2. The lowest BCUT2D eigenvalue weighted by Gasteiger charge is -2.27. The number of nitro groups is 1. The first kappa shape index (κ1) is 21.3. The molecule has 168 valence electrons. The van der Waals surface area contributed by atoms with Gasteiger partial charge in [-0.25, -0.2) is 4.79 Å². The van der Waals surface area contributed by atoms with E-state index in [4.69, 9.17) is 9.47 Å². The van der Waals surface area contributed by atoms with Crippen molar-refractivity contribution >= 4 is 17.6 Å². The minimum atomic E-state index is -1.00. The van der Waals surface area contributed by atoms with Gasteiger partial charge in [0.1, 0.15) is 25.3 Å². The Balaban J connectivity index is 1.61. The highest BCUT2D eigenvalue weighted by molar-refractivity contribution is 5.89.